The molecule has 0 bridgehead atoms. The Kier molecular flexibility index (Phi) is 5.28. The Morgan fingerprint density at radius 3 is 2.35 bits per heavy atom. The zero-order chi connectivity index (χ0) is 18.5. The quantitative estimate of drug-likeness (QED) is 0.478. The first-order valence-corrected chi connectivity index (χ1v) is 8.04. The van der Waals surface area contributed by atoms with Crippen LogP contribution in [0.1, 0.15) is 5.56 Å². The number of rotatable bonds is 4. The molecule has 1 aromatic heterocycles. The van der Waals surface area contributed by atoms with Gasteiger partial charge in [-0.1, -0.05) is 5.11 Å². The van der Waals surface area contributed by atoms with E-state index in [1.807, 2.05) is 0 Å². The first-order valence-electron chi connectivity index (χ1n) is 8.04. The van der Waals surface area contributed by atoms with Crippen molar-refractivity contribution in [3.63, 3.8) is 0 Å². The zero-order valence-corrected chi connectivity index (χ0v) is 13.8. The summed E-state index contributed by atoms with van der Waals surface area (Å²) < 4.78 is 28.4. The molecule has 7 nitrogen and oxygen atoms in total. The van der Waals surface area contributed by atoms with E-state index >= 15 is 0 Å². The van der Waals surface area contributed by atoms with Crippen LogP contribution in [-0.4, -0.2) is 42.0 Å². The fourth-order valence-electron chi connectivity index (χ4n) is 2.93. The number of carbonyl (C=O) groups is 1. The Bertz CT molecular complexity index is 823. The summed E-state index contributed by atoms with van der Waals surface area (Å²) >= 11 is 0. The molecule has 0 N–H and O–H groups in total. The Morgan fingerprint density at radius 2 is 1.77 bits per heavy atom. The predicted octanol–water partition coefficient (Wildman–Crippen LogP) is 3.19. The summed E-state index contributed by atoms with van der Waals surface area (Å²) in [5.41, 5.74) is 8.96. The fraction of sp³-hybridized carbons (Fsp3) is 0.294. The van der Waals surface area contributed by atoms with Gasteiger partial charge in [0.05, 0.1) is 6.42 Å². The molecule has 1 aromatic carbocycles. The number of amides is 1. The SMILES string of the molecule is [N-]=[N+]=Nc1cc(F)c(N2CCN(C(=O)Cc3ccncc3)CC2)c(F)c1. The molecule has 0 atom stereocenters. The van der Waals surface area contributed by atoms with E-state index < -0.39 is 11.6 Å². The molecule has 1 amide bonds. The largest absolute Gasteiger partial charge is 0.363 e. The van der Waals surface area contributed by atoms with Crippen LogP contribution in [0.2, 0.25) is 0 Å². The molecule has 0 unspecified atom stereocenters. The summed E-state index contributed by atoms with van der Waals surface area (Å²) in [6, 6.07) is 5.56. The zero-order valence-electron chi connectivity index (χ0n) is 13.8. The number of nitrogens with zero attached hydrogens (tertiary/aromatic N) is 6. The van der Waals surface area contributed by atoms with Gasteiger partial charge in [-0.3, -0.25) is 9.78 Å². The smallest absolute Gasteiger partial charge is 0.227 e. The van der Waals surface area contributed by atoms with E-state index in [4.69, 9.17) is 5.53 Å². The monoisotopic (exact) mass is 358 g/mol. The van der Waals surface area contributed by atoms with Crippen LogP contribution in [0.3, 0.4) is 0 Å². The van der Waals surface area contributed by atoms with Gasteiger partial charge in [-0.25, -0.2) is 8.78 Å². The molecule has 0 spiro atoms. The molecule has 1 saturated heterocycles. The van der Waals surface area contributed by atoms with Crippen molar-refractivity contribution in [3.05, 3.63) is 64.3 Å². The standard InChI is InChI=1S/C17H16F2N6O/c18-14-10-13(22-23-20)11-15(19)17(14)25-7-5-24(6-8-25)16(26)9-12-1-3-21-4-2-12/h1-4,10-11H,5-9H2. The Hall–Kier alpha value is -3.19. The number of halogens is 2. The molecule has 1 aliphatic rings. The second-order valence-electron chi connectivity index (χ2n) is 5.85. The predicted molar refractivity (Wildman–Crippen MR) is 91.9 cm³/mol. The summed E-state index contributed by atoms with van der Waals surface area (Å²) in [5, 5.41) is 3.21. The van der Waals surface area contributed by atoms with E-state index in [2.05, 4.69) is 15.0 Å². The lowest BCUT2D eigenvalue weighted by Crippen LogP contribution is -2.49. The van der Waals surface area contributed by atoms with Crippen molar-refractivity contribution in [3.8, 4) is 0 Å². The van der Waals surface area contributed by atoms with E-state index in [0.717, 1.165) is 17.7 Å². The lowest BCUT2D eigenvalue weighted by molar-refractivity contribution is -0.130. The van der Waals surface area contributed by atoms with Gasteiger partial charge in [-0.15, -0.1) is 0 Å². The molecule has 0 radical (unpaired) electrons. The van der Waals surface area contributed by atoms with Crippen molar-refractivity contribution in [2.75, 3.05) is 31.1 Å². The van der Waals surface area contributed by atoms with Crippen molar-refractivity contribution < 1.29 is 13.6 Å². The molecular weight excluding hydrogens is 342 g/mol. The highest BCUT2D eigenvalue weighted by molar-refractivity contribution is 5.79. The number of carbonyl (C=O) groups excluding carboxylic acids is 1. The summed E-state index contributed by atoms with van der Waals surface area (Å²) in [6.45, 7) is 1.38. The van der Waals surface area contributed by atoms with Crippen LogP contribution in [0, 0.1) is 11.6 Å². The van der Waals surface area contributed by atoms with Crippen LogP contribution < -0.4 is 4.90 Å². The van der Waals surface area contributed by atoms with Crippen LogP contribution in [0.4, 0.5) is 20.2 Å². The number of hydrogen-bond donors (Lipinski definition) is 0. The summed E-state index contributed by atoms with van der Waals surface area (Å²) in [4.78, 5) is 22.0. The van der Waals surface area contributed by atoms with Crippen molar-refractivity contribution >= 4 is 17.3 Å². The molecule has 0 saturated carbocycles. The van der Waals surface area contributed by atoms with Gasteiger partial charge in [0, 0.05) is 49.2 Å². The van der Waals surface area contributed by atoms with Gasteiger partial charge in [0.15, 0.2) is 0 Å². The lowest BCUT2D eigenvalue weighted by Gasteiger charge is -2.36. The van der Waals surface area contributed by atoms with Crippen molar-refractivity contribution in [1.29, 1.82) is 0 Å². The van der Waals surface area contributed by atoms with E-state index in [-0.39, 0.29) is 23.7 Å². The van der Waals surface area contributed by atoms with Crippen LogP contribution >= 0.6 is 0 Å². The average Bonchev–Trinajstić information content (AvgIpc) is 2.63. The van der Waals surface area contributed by atoms with Gasteiger partial charge < -0.3 is 9.80 Å². The topological polar surface area (TPSA) is 85.2 Å². The summed E-state index contributed by atoms with van der Waals surface area (Å²) in [7, 11) is 0. The highest BCUT2D eigenvalue weighted by atomic mass is 19.1. The normalized spacial score (nSPS) is 14.1. The Morgan fingerprint density at radius 1 is 1.15 bits per heavy atom. The van der Waals surface area contributed by atoms with Crippen LogP contribution in [0.25, 0.3) is 10.4 Å². The lowest BCUT2D eigenvalue weighted by atomic mass is 10.1. The Balaban J connectivity index is 1.65. The molecule has 2 heterocycles. The second-order valence-corrected chi connectivity index (χ2v) is 5.85. The van der Waals surface area contributed by atoms with Gasteiger partial charge >= 0.3 is 0 Å². The third-order valence-electron chi connectivity index (χ3n) is 4.22. The van der Waals surface area contributed by atoms with Crippen LogP contribution in [-0.2, 0) is 11.2 Å². The molecule has 134 valence electrons. The second kappa shape index (κ2) is 7.79. The molecular formula is C17H16F2N6O. The number of hydrogen-bond acceptors (Lipinski definition) is 4. The fourth-order valence-corrected chi connectivity index (χ4v) is 2.93. The number of piperazine rings is 1. The number of pyridine rings is 1. The van der Waals surface area contributed by atoms with Gasteiger partial charge in [-0.2, -0.15) is 0 Å². The maximum absolute atomic E-state index is 14.2. The number of benzene rings is 1. The highest BCUT2D eigenvalue weighted by Crippen LogP contribution is 2.29. The first kappa shape index (κ1) is 17.6. The highest BCUT2D eigenvalue weighted by Gasteiger charge is 2.25. The third-order valence-corrected chi connectivity index (χ3v) is 4.22. The van der Waals surface area contributed by atoms with Crippen LogP contribution in [0.5, 0.6) is 0 Å². The minimum absolute atomic E-state index is 0.0319. The van der Waals surface area contributed by atoms with Crippen molar-refractivity contribution in [2.24, 2.45) is 5.11 Å². The molecule has 26 heavy (non-hydrogen) atoms. The van der Waals surface area contributed by atoms with Gasteiger partial charge in [0.1, 0.15) is 17.3 Å². The number of anilines is 1. The van der Waals surface area contributed by atoms with Crippen molar-refractivity contribution in [1.82, 2.24) is 9.88 Å². The minimum Gasteiger partial charge on any atom is -0.363 e. The maximum atomic E-state index is 14.2. The van der Waals surface area contributed by atoms with Gasteiger partial charge in [0.2, 0.25) is 5.91 Å². The van der Waals surface area contributed by atoms with E-state index in [0.29, 0.717) is 26.2 Å². The average molecular weight is 358 g/mol. The molecule has 1 fully saturated rings. The minimum atomic E-state index is -0.788. The number of aromatic nitrogens is 1. The van der Waals surface area contributed by atoms with E-state index in [9.17, 15) is 13.6 Å². The van der Waals surface area contributed by atoms with E-state index in [1.54, 1.807) is 34.3 Å². The summed E-state index contributed by atoms with van der Waals surface area (Å²) in [6.07, 6.45) is 3.53. The molecule has 2 aromatic rings. The maximum Gasteiger partial charge on any atom is 0.227 e. The summed E-state index contributed by atoms with van der Waals surface area (Å²) in [5.74, 6) is -1.61. The molecule has 0 aliphatic carbocycles. The Labute approximate surface area is 148 Å². The third kappa shape index (κ3) is 3.89. The van der Waals surface area contributed by atoms with Crippen LogP contribution in [0.15, 0.2) is 41.8 Å². The molecule has 9 heteroatoms. The van der Waals surface area contributed by atoms with E-state index in [1.165, 1.54) is 0 Å². The molecule has 3 rings (SSSR count). The molecule has 1 aliphatic heterocycles. The van der Waals surface area contributed by atoms with Gasteiger partial charge in [0.25, 0.3) is 0 Å². The van der Waals surface area contributed by atoms with Crippen molar-refractivity contribution in [2.45, 2.75) is 6.42 Å². The number of azide groups is 1. The van der Waals surface area contributed by atoms with Gasteiger partial charge in [-0.05, 0) is 35.4 Å². The first-order chi connectivity index (χ1) is 12.6.